The predicted octanol–water partition coefficient (Wildman–Crippen LogP) is 3.35. The number of halogens is 3. The Morgan fingerprint density at radius 2 is 1.40 bits per heavy atom. The SMILES string of the molecule is CCl.Clc1ccccc1.F. The van der Waals surface area contributed by atoms with E-state index in [1.54, 1.807) is 0 Å². The Bertz CT molecular complexity index is 142. The first-order valence-corrected chi connectivity index (χ1v) is 3.61. The van der Waals surface area contributed by atoms with Crippen LogP contribution in [0.15, 0.2) is 30.3 Å². The third-order valence-electron chi connectivity index (χ3n) is 0.733. The zero-order valence-corrected chi connectivity index (χ0v) is 7.06. The van der Waals surface area contributed by atoms with Crippen LogP contribution < -0.4 is 0 Å². The lowest BCUT2D eigenvalue weighted by Gasteiger charge is -1.80. The van der Waals surface area contributed by atoms with Crippen LogP contribution in [0.3, 0.4) is 0 Å². The molecule has 0 unspecified atom stereocenters. The molecule has 0 amide bonds. The number of benzene rings is 1. The van der Waals surface area contributed by atoms with Crippen molar-refractivity contribution < 1.29 is 4.70 Å². The van der Waals surface area contributed by atoms with Crippen molar-refractivity contribution in [3.8, 4) is 0 Å². The number of hydrogen-bond donors (Lipinski definition) is 0. The highest BCUT2D eigenvalue weighted by atomic mass is 35.5. The third kappa shape index (κ3) is 5.86. The zero-order chi connectivity index (χ0) is 7.11. The van der Waals surface area contributed by atoms with Crippen molar-refractivity contribution in [2.75, 3.05) is 6.38 Å². The van der Waals surface area contributed by atoms with Crippen molar-refractivity contribution in [2.45, 2.75) is 0 Å². The average Bonchev–Trinajstić information content (AvgIpc) is 1.94. The lowest BCUT2D eigenvalue weighted by molar-refractivity contribution is 1.11. The quantitative estimate of drug-likeness (QED) is 0.541. The summed E-state index contributed by atoms with van der Waals surface area (Å²) in [5, 5.41) is 0.794. The maximum absolute atomic E-state index is 5.54. The first-order valence-electron chi connectivity index (χ1n) is 2.48. The van der Waals surface area contributed by atoms with E-state index in [0.29, 0.717) is 0 Å². The minimum atomic E-state index is 0. The summed E-state index contributed by atoms with van der Waals surface area (Å²) < 4.78 is 0. The molecule has 0 heterocycles. The lowest BCUT2D eigenvalue weighted by atomic mass is 10.4. The average molecular weight is 183 g/mol. The van der Waals surface area contributed by atoms with Gasteiger partial charge in [-0.2, -0.15) is 0 Å². The molecule has 58 valence electrons. The highest BCUT2D eigenvalue weighted by molar-refractivity contribution is 6.30. The maximum Gasteiger partial charge on any atom is 0.0405 e. The van der Waals surface area contributed by atoms with E-state index in [1.165, 1.54) is 6.38 Å². The van der Waals surface area contributed by atoms with Gasteiger partial charge in [0.25, 0.3) is 0 Å². The minimum absolute atomic E-state index is 0. The van der Waals surface area contributed by atoms with E-state index in [2.05, 4.69) is 11.6 Å². The Labute approximate surface area is 70.1 Å². The van der Waals surface area contributed by atoms with E-state index < -0.39 is 0 Å². The molecule has 1 aromatic carbocycles. The fraction of sp³-hybridized carbons (Fsp3) is 0.143. The molecule has 0 saturated carbocycles. The molecule has 1 aromatic rings. The van der Waals surface area contributed by atoms with Crippen LogP contribution in [0.4, 0.5) is 4.70 Å². The monoisotopic (exact) mass is 182 g/mol. The van der Waals surface area contributed by atoms with Gasteiger partial charge in [-0.3, -0.25) is 4.70 Å². The fourth-order valence-electron chi connectivity index (χ4n) is 0.415. The van der Waals surface area contributed by atoms with Gasteiger partial charge in [0, 0.05) is 11.4 Å². The molecular formula is C7H9Cl2F. The molecule has 0 atom stereocenters. The summed E-state index contributed by atoms with van der Waals surface area (Å²) in [5.74, 6) is 0. The first kappa shape index (κ1) is 12.4. The van der Waals surface area contributed by atoms with Crippen LogP contribution in [-0.4, -0.2) is 6.38 Å². The number of hydrogen-bond acceptors (Lipinski definition) is 0. The van der Waals surface area contributed by atoms with Gasteiger partial charge in [-0.05, 0) is 12.1 Å². The molecule has 0 spiro atoms. The first-order chi connectivity index (χ1) is 4.39. The van der Waals surface area contributed by atoms with Crippen LogP contribution >= 0.6 is 23.2 Å². The molecular weight excluding hydrogens is 174 g/mol. The van der Waals surface area contributed by atoms with Gasteiger partial charge in [-0.1, -0.05) is 29.8 Å². The van der Waals surface area contributed by atoms with Gasteiger partial charge in [0.1, 0.15) is 0 Å². The summed E-state index contributed by atoms with van der Waals surface area (Å²) >= 11 is 10.2. The minimum Gasteiger partial charge on any atom is -0.269 e. The van der Waals surface area contributed by atoms with Gasteiger partial charge < -0.3 is 0 Å². The summed E-state index contributed by atoms with van der Waals surface area (Å²) in [6.07, 6.45) is 1.47. The largest absolute Gasteiger partial charge is 0.269 e. The molecule has 0 saturated heterocycles. The van der Waals surface area contributed by atoms with E-state index in [0.717, 1.165) is 5.02 Å². The van der Waals surface area contributed by atoms with Gasteiger partial charge in [0.05, 0.1) is 0 Å². The van der Waals surface area contributed by atoms with Crippen molar-refractivity contribution in [1.82, 2.24) is 0 Å². The van der Waals surface area contributed by atoms with E-state index in [9.17, 15) is 0 Å². The van der Waals surface area contributed by atoms with Crippen LogP contribution in [0.2, 0.25) is 5.02 Å². The molecule has 10 heavy (non-hydrogen) atoms. The second-order valence-electron chi connectivity index (χ2n) is 1.30. The van der Waals surface area contributed by atoms with Crippen molar-refractivity contribution in [3.05, 3.63) is 35.4 Å². The second kappa shape index (κ2) is 8.73. The smallest absolute Gasteiger partial charge is 0.0405 e. The summed E-state index contributed by atoms with van der Waals surface area (Å²) in [6, 6.07) is 9.44. The molecule has 0 aliphatic rings. The van der Waals surface area contributed by atoms with Gasteiger partial charge in [-0.15, -0.1) is 11.6 Å². The molecule has 0 aliphatic heterocycles. The topological polar surface area (TPSA) is 0 Å². The highest BCUT2D eigenvalue weighted by Crippen LogP contribution is 2.03. The van der Waals surface area contributed by atoms with Crippen molar-refractivity contribution in [2.24, 2.45) is 0 Å². The molecule has 0 fully saturated rings. The standard InChI is InChI=1S/C6H5Cl.CH3Cl.FH/c7-6-4-2-1-3-5-6;1-2;/h1-5H;1H3;1H. The van der Waals surface area contributed by atoms with E-state index >= 15 is 0 Å². The van der Waals surface area contributed by atoms with Crippen molar-refractivity contribution >= 4 is 23.2 Å². The maximum atomic E-state index is 5.54. The molecule has 3 heteroatoms. The number of alkyl halides is 1. The van der Waals surface area contributed by atoms with Gasteiger partial charge in [-0.25, -0.2) is 0 Å². The van der Waals surface area contributed by atoms with Crippen LogP contribution in [-0.2, 0) is 0 Å². The van der Waals surface area contributed by atoms with Crippen molar-refractivity contribution in [1.29, 1.82) is 0 Å². The molecule has 1 rings (SSSR count). The van der Waals surface area contributed by atoms with Crippen LogP contribution in [0.1, 0.15) is 0 Å². The van der Waals surface area contributed by atoms with Gasteiger partial charge in [0.15, 0.2) is 0 Å². The second-order valence-corrected chi connectivity index (χ2v) is 1.73. The zero-order valence-electron chi connectivity index (χ0n) is 5.55. The molecule has 0 bridgehead atoms. The highest BCUT2D eigenvalue weighted by Gasteiger charge is 1.74. The molecule has 0 aliphatic carbocycles. The van der Waals surface area contributed by atoms with E-state index in [-0.39, 0.29) is 4.70 Å². The van der Waals surface area contributed by atoms with E-state index in [1.807, 2.05) is 30.3 Å². The number of rotatable bonds is 0. The van der Waals surface area contributed by atoms with Crippen LogP contribution in [0.25, 0.3) is 0 Å². The predicted molar refractivity (Wildman–Crippen MR) is 45.7 cm³/mol. The molecule has 0 radical (unpaired) electrons. The summed E-state index contributed by atoms with van der Waals surface area (Å²) in [7, 11) is 0. The summed E-state index contributed by atoms with van der Waals surface area (Å²) in [6.45, 7) is 0. The van der Waals surface area contributed by atoms with Crippen LogP contribution in [0.5, 0.6) is 0 Å². The summed E-state index contributed by atoms with van der Waals surface area (Å²) in [4.78, 5) is 0. The van der Waals surface area contributed by atoms with Gasteiger partial charge >= 0.3 is 0 Å². The normalized spacial score (nSPS) is 6.70. The van der Waals surface area contributed by atoms with E-state index in [4.69, 9.17) is 11.6 Å². The Morgan fingerprint density at radius 1 is 1.00 bits per heavy atom. The Hall–Kier alpha value is -0.270. The van der Waals surface area contributed by atoms with Crippen molar-refractivity contribution in [3.63, 3.8) is 0 Å². The Kier molecular flexibility index (Phi) is 10.8. The molecule has 0 N–H and O–H groups in total. The molecule has 0 aromatic heterocycles. The lowest BCUT2D eigenvalue weighted by Crippen LogP contribution is -1.55. The third-order valence-corrected chi connectivity index (χ3v) is 0.985. The fourth-order valence-corrected chi connectivity index (χ4v) is 0.560. The van der Waals surface area contributed by atoms with Gasteiger partial charge in [0.2, 0.25) is 0 Å². The Morgan fingerprint density at radius 3 is 1.60 bits per heavy atom. The Balaban J connectivity index is 0. The molecule has 0 nitrogen and oxygen atoms in total. The van der Waals surface area contributed by atoms with Crippen LogP contribution in [0, 0.1) is 0 Å². The summed E-state index contributed by atoms with van der Waals surface area (Å²) in [5.41, 5.74) is 0.